The lowest BCUT2D eigenvalue weighted by atomic mass is 10.3. The number of fused-ring (bicyclic) bond motifs is 1. The summed E-state index contributed by atoms with van der Waals surface area (Å²) >= 11 is 4.19. The first-order valence-corrected chi connectivity index (χ1v) is 10.1. The smallest absolute Gasteiger partial charge is 0.319 e. The summed E-state index contributed by atoms with van der Waals surface area (Å²) in [5, 5.41) is 0. The number of aromatic nitrogens is 2. The summed E-state index contributed by atoms with van der Waals surface area (Å²) < 4.78 is 67.9. The number of benzene rings is 1. The molecular formula is C14H11BrF3N3O2S2. The largest absolute Gasteiger partial charge is 0.449 e. The normalized spacial score (nSPS) is 12.8. The lowest BCUT2D eigenvalue weighted by Gasteiger charge is -2.12. The molecule has 0 amide bonds. The molecule has 5 nitrogen and oxygen atoms in total. The first-order valence-electron chi connectivity index (χ1n) is 6.96. The van der Waals surface area contributed by atoms with E-state index >= 15 is 0 Å². The van der Waals surface area contributed by atoms with Gasteiger partial charge in [-0.3, -0.25) is 0 Å². The molecule has 3 rings (SSSR count). The van der Waals surface area contributed by atoms with Crippen LogP contribution in [0, 0.1) is 0 Å². The standard InChI is InChI=1S/C14H11BrF3N3O2S2/c15-11-5-6-12(24-11)25(22,23)19-7-8-21-10-4-2-1-3-9(10)20-13(21)14(16,17)18/h1-6,19H,7-8H2. The van der Waals surface area contributed by atoms with Crippen LogP contribution in [0.3, 0.4) is 0 Å². The summed E-state index contributed by atoms with van der Waals surface area (Å²) in [6.45, 7) is -0.386. The van der Waals surface area contributed by atoms with Crippen molar-refractivity contribution in [3.63, 3.8) is 0 Å². The second-order valence-corrected chi connectivity index (χ2v) is 9.49. The van der Waals surface area contributed by atoms with Crippen LogP contribution >= 0.6 is 27.3 Å². The second kappa shape index (κ2) is 6.71. The van der Waals surface area contributed by atoms with Gasteiger partial charge in [0.1, 0.15) is 4.21 Å². The third kappa shape index (κ3) is 3.89. The third-order valence-corrected chi connectivity index (χ3v) is 6.93. The van der Waals surface area contributed by atoms with Crippen molar-refractivity contribution in [3.8, 4) is 0 Å². The van der Waals surface area contributed by atoms with Gasteiger partial charge in [-0.05, 0) is 40.2 Å². The topological polar surface area (TPSA) is 64.0 Å². The zero-order chi connectivity index (χ0) is 18.2. The minimum Gasteiger partial charge on any atom is -0.319 e. The fourth-order valence-electron chi connectivity index (χ4n) is 2.32. The Labute approximate surface area is 153 Å². The van der Waals surface area contributed by atoms with Crippen LogP contribution in [-0.2, 0) is 22.7 Å². The monoisotopic (exact) mass is 453 g/mol. The van der Waals surface area contributed by atoms with E-state index in [1.54, 1.807) is 18.2 Å². The number of nitrogens with zero attached hydrogens (tertiary/aromatic N) is 2. The first-order chi connectivity index (χ1) is 11.7. The number of halogens is 4. The molecule has 3 aromatic rings. The van der Waals surface area contributed by atoms with E-state index in [9.17, 15) is 21.6 Å². The highest BCUT2D eigenvalue weighted by molar-refractivity contribution is 9.11. The van der Waals surface area contributed by atoms with E-state index in [1.165, 1.54) is 18.2 Å². The van der Waals surface area contributed by atoms with Gasteiger partial charge in [0.25, 0.3) is 0 Å². The minimum atomic E-state index is -4.63. The van der Waals surface area contributed by atoms with Gasteiger partial charge >= 0.3 is 6.18 Å². The molecule has 0 bridgehead atoms. The Bertz CT molecular complexity index is 1010. The van der Waals surface area contributed by atoms with Crippen LogP contribution in [0.1, 0.15) is 5.82 Å². The van der Waals surface area contributed by atoms with E-state index in [0.29, 0.717) is 9.30 Å². The zero-order valence-corrected chi connectivity index (χ0v) is 15.6. The van der Waals surface area contributed by atoms with E-state index in [-0.39, 0.29) is 22.8 Å². The fourth-order valence-corrected chi connectivity index (χ4v) is 5.40. The summed E-state index contributed by atoms with van der Waals surface area (Å²) in [5.74, 6) is -1.05. The van der Waals surface area contributed by atoms with E-state index in [4.69, 9.17) is 0 Å². The van der Waals surface area contributed by atoms with Crippen molar-refractivity contribution in [3.05, 3.63) is 46.0 Å². The van der Waals surface area contributed by atoms with E-state index in [1.807, 2.05) is 0 Å². The molecule has 0 spiro atoms. The second-order valence-electron chi connectivity index (χ2n) is 5.03. The Hall–Kier alpha value is -1.43. The highest BCUT2D eigenvalue weighted by atomic mass is 79.9. The Kier molecular flexibility index (Phi) is 4.93. The molecule has 0 aliphatic rings. The number of alkyl halides is 3. The molecule has 0 saturated carbocycles. The van der Waals surface area contributed by atoms with E-state index in [2.05, 4.69) is 25.6 Å². The van der Waals surface area contributed by atoms with Crippen molar-refractivity contribution in [1.82, 2.24) is 14.3 Å². The Morgan fingerprint density at radius 1 is 1.20 bits per heavy atom. The van der Waals surface area contributed by atoms with Gasteiger partial charge < -0.3 is 4.57 Å². The number of rotatable bonds is 5. The number of hydrogen-bond donors (Lipinski definition) is 1. The Morgan fingerprint density at radius 3 is 2.56 bits per heavy atom. The number of thiophene rings is 1. The van der Waals surface area contributed by atoms with Gasteiger partial charge in [0.15, 0.2) is 0 Å². The quantitative estimate of drug-likeness (QED) is 0.637. The van der Waals surface area contributed by atoms with Gasteiger partial charge in [-0.15, -0.1) is 11.3 Å². The summed E-state index contributed by atoms with van der Waals surface area (Å²) in [4.78, 5) is 3.62. The van der Waals surface area contributed by atoms with Crippen molar-refractivity contribution in [2.45, 2.75) is 16.9 Å². The molecule has 134 valence electrons. The van der Waals surface area contributed by atoms with Crippen LogP contribution in [0.25, 0.3) is 11.0 Å². The van der Waals surface area contributed by atoms with Gasteiger partial charge in [-0.25, -0.2) is 18.1 Å². The van der Waals surface area contributed by atoms with Gasteiger partial charge in [-0.1, -0.05) is 12.1 Å². The van der Waals surface area contributed by atoms with Gasteiger partial charge in [0.05, 0.1) is 14.8 Å². The Morgan fingerprint density at radius 2 is 1.92 bits per heavy atom. The molecule has 0 saturated heterocycles. The highest BCUT2D eigenvalue weighted by Crippen LogP contribution is 2.31. The number of hydrogen-bond acceptors (Lipinski definition) is 4. The number of sulfonamides is 1. The average molecular weight is 454 g/mol. The van der Waals surface area contributed by atoms with Gasteiger partial charge in [0.2, 0.25) is 15.8 Å². The van der Waals surface area contributed by atoms with Crippen molar-refractivity contribution in [1.29, 1.82) is 0 Å². The van der Waals surface area contributed by atoms with Crippen LogP contribution in [0.2, 0.25) is 0 Å². The molecule has 0 unspecified atom stereocenters. The zero-order valence-electron chi connectivity index (χ0n) is 12.4. The van der Waals surface area contributed by atoms with Gasteiger partial charge in [0, 0.05) is 13.1 Å². The van der Waals surface area contributed by atoms with E-state index < -0.39 is 22.0 Å². The van der Waals surface area contributed by atoms with Crippen LogP contribution in [0.15, 0.2) is 44.4 Å². The Balaban J connectivity index is 1.84. The first kappa shape index (κ1) is 18.4. The maximum absolute atomic E-state index is 13.2. The minimum absolute atomic E-state index is 0.0888. The van der Waals surface area contributed by atoms with E-state index in [0.717, 1.165) is 15.9 Å². The predicted octanol–water partition coefficient (Wildman–Crippen LogP) is 3.86. The van der Waals surface area contributed by atoms with Crippen molar-refractivity contribution in [2.24, 2.45) is 0 Å². The van der Waals surface area contributed by atoms with Crippen molar-refractivity contribution < 1.29 is 21.6 Å². The molecular weight excluding hydrogens is 443 g/mol. The molecule has 1 aromatic carbocycles. The molecule has 0 radical (unpaired) electrons. The maximum Gasteiger partial charge on any atom is 0.449 e. The van der Waals surface area contributed by atoms with Crippen LogP contribution in [0.4, 0.5) is 13.2 Å². The number of nitrogens with one attached hydrogen (secondary N) is 1. The number of para-hydroxylation sites is 2. The average Bonchev–Trinajstić information content (AvgIpc) is 3.11. The molecule has 2 aromatic heterocycles. The number of imidazole rings is 1. The molecule has 0 atom stereocenters. The molecule has 1 N–H and O–H groups in total. The molecule has 25 heavy (non-hydrogen) atoms. The SMILES string of the molecule is O=S(=O)(NCCn1c(C(F)(F)F)nc2ccccc21)c1ccc(Br)s1. The maximum atomic E-state index is 13.2. The third-order valence-electron chi connectivity index (χ3n) is 3.35. The lowest BCUT2D eigenvalue weighted by molar-refractivity contribution is -0.146. The predicted molar refractivity (Wildman–Crippen MR) is 91.9 cm³/mol. The van der Waals surface area contributed by atoms with Crippen LogP contribution in [0.5, 0.6) is 0 Å². The summed E-state index contributed by atoms with van der Waals surface area (Å²) in [6, 6.07) is 9.21. The fraction of sp³-hybridized carbons (Fsp3) is 0.214. The van der Waals surface area contributed by atoms with Gasteiger partial charge in [-0.2, -0.15) is 13.2 Å². The molecule has 2 heterocycles. The van der Waals surface area contributed by atoms with Crippen molar-refractivity contribution >= 4 is 48.3 Å². The van der Waals surface area contributed by atoms with Crippen LogP contribution < -0.4 is 4.72 Å². The highest BCUT2D eigenvalue weighted by Gasteiger charge is 2.37. The summed E-state index contributed by atoms with van der Waals surface area (Å²) in [5.41, 5.74) is 0.507. The summed E-state index contributed by atoms with van der Waals surface area (Å²) in [6.07, 6.45) is -4.63. The molecule has 11 heteroatoms. The molecule has 0 aliphatic carbocycles. The summed E-state index contributed by atoms with van der Waals surface area (Å²) in [7, 11) is -3.77. The molecule has 0 fully saturated rings. The van der Waals surface area contributed by atoms with Crippen molar-refractivity contribution in [2.75, 3.05) is 6.54 Å². The van der Waals surface area contributed by atoms with Crippen LogP contribution in [-0.4, -0.2) is 24.5 Å². The lowest BCUT2D eigenvalue weighted by Crippen LogP contribution is -2.28. The molecule has 0 aliphatic heterocycles.